The van der Waals surface area contributed by atoms with Crippen LogP contribution < -0.4 is 5.32 Å². The molecule has 1 N–H and O–H groups in total. The molecule has 4 nitrogen and oxygen atoms in total. The number of halogens is 1. The first-order valence-electron chi connectivity index (χ1n) is 6.20. The van der Waals surface area contributed by atoms with Gasteiger partial charge >= 0.3 is 0 Å². The lowest BCUT2D eigenvalue weighted by Crippen LogP contribution is -2.26. The molecule has 0 radical (unpaired) electrons. The molecular formula is C13H15FN4. The van der Waals surface area contributed by atoms with Gasteiger partial charge in [0.05, 0.1) is 18.4 Å². The summed E-state index contributed by atoms with van der Waals surface area (Å²) in [5.74, 6) is -0.326. The first kappa shape index (κ1) is 11.3. The van der Waals surface area contributed by atoms with Gasteiger partial charge in [0.25, 0.3) is 0 Å². The second-order valence-corrected chi connectivity index (χ2v) is 4.58. The van der Waals surface area contributed by atoms with Gasteiger partial charge in [0.2, 0.25) is 0 Å². The van der Waals surface area contributed by atoms with Gasteiger partial charge in [-0.25, -0.2) is 4.39 Å². The zero-order chi connectivity index (χ0) is 12.4. The molecule has 94 valence electrons. The zero-order valence-electron chi connectivity index (χ0n) is 10.0. The van der Waals surface area contributed by atoms with Gasteiger partial charge in [0.1, 0.15) is 11.5 Å². The Morgan fingerprint density at radius 2 is 2.28 bits per heavy atom. The molecule has 1 atom stereocenters. The molecule has 2 aromatic heterocycles. The number of aromatic nitrogens is 3. The molecule has 2 aromatic rings. The number of nitrogens with one attached hydrogen (secondary N) is 1. The summed E-state index contributed by atoms with van der Waals surface area (Å²) in [6.07, 6.45) is 5.59. The van der Waals surface area contributed by atoms with Crippen molar-refractivity contribution in [1.29, 1.82) is 0 Å². The van der Waals surface area contributed by atoms with Gasteiger partial charge in [-0.05, 0) is 37.6 Å². The molecule has 1 aliphatic heterocycles. The predicted octanol–water partition coefficient (Wildman–Crippen LogP) is 1.84. The Balaban J connectivity index is 1.74. The molecule has 1 fully saturated rings. The van der Waals surface area contributed by atoms with Crippen molar-refractivity contribution in [3.05, 3.63) is 36.4 Å². The molecule has 1 saturated heterocycles. The van der Waals surface area contributed by atoms with Crippen molar-refractivity contribution in [2.45, 2.75) is 25.4 Å². The molecular weight excluding hydrogens is 231 g/mol. The Morgan fingerprint density at radius 1 is 1.33 bits per heavy atom. The summed E-state index contributed by atoms with van der Waals surface area (Å²) in [6, 6.07) is 5.48. The molecule has 0 saturated carbocycles. The zero-order valence-corrected chi connectivity index (χ0v) is 10.0. The Bertz CT molecular complexity index is 514. The van der Waals surface area contributed by atoms with E-state index in [4.69, 9.17) is 0 Å². The molecule has 0 amide bonds. The van der Waals surface area contributed by atoms with Crippen molar-refractivity contribution in [2.75, 3.05) is 6.54 Å². The smallest absolute Gasteiger partial charge is 0.141 e. The lowest BCUT2D eigenvalue weighted by molar-refractivity contribution is 0.477. The molecule has 5 heteroatoms. The predicted molar refractivity (Wildman–Crippen MR) is 66.4 cm³/mol. The van der Waals surface area contributed by atoms with E-state index in [1.807, 2.05) is 16.9 Å². The maximum Gasteiger partial charge on any atom is 0.141 e. The summed E-state index contributed by atoms with van der Waals surface area (Å²) < 4.78 is 14.7. The first-order valence-corrected chi connectivity index (χ1v) is 6.20. The molecule has 3 rings (SSSR count). The summed E-state index contributed by atoms with van der Waals surface area (Å²) in [5.41, 5.74) is 1.49. The highest BCUT2D eigenvalue weighted by Crippen LogP contribution is 2.15. The van der Waals surface area contributed by atoms with Gasteiger partial charge in [-0.2, -0.15) is 5.10 Å². The number of hydrogen-bond acceptors (Lipinski definition) is 3. The van der Waals surface area contributed by atoms with Crippen LogP contribution in [-0.4, -0.2) is 27.4 Å². The van der Waals surface area contributed by atoms with E-state index in [1.165, 1.54) is 25.1 Å². The van der Waals surface area contributed by atoms with E-state index in [0.29, 0.717) is 11.7 Å². The molecule has 1 aliphatic rings. The van der Waals surface area contributed by atoms with Crippen LogP contribution in [0.2, 0.25) is 0 Å². The van der Waals surface area contributed by atoms with Gasteiger partial charge in [-0.1, -0.05) is 0 Å². The number of hydrogen-bond donors (Lipinski definition) is 1. The molecule has 3 heterocycles. The Hall–Kier alpha value is -1.75. The Morgan fingerprint density at radius 3 is 3.00 bits per heavy atom. The highest BCUT2D eigenvalue weighted by atomic mass is 19.1. The summed E-state index contributed by atoms with van der Waals surface area (Å²) in [4.78, 5) is 4.03. The topological polar surface area (TPSA) is 42.7 Å². The Labute approximate surface area is 105 Å². The lowest BCUT2D eigenvalue weighted by Gasteiger charge is -2.09. The van der Waals surface area contributed by atoms with Crippen LogP contribution in [0, 0.1) is 5.82 Å². The van der Waals surface area contributed by atoms with Crippen molar-refractivity contribution >= 4 is 0 Å². The second-order valence-electron chi connectivity index (χ2n) is 4.58. The van der Waals surface area contributed by atoms with Gasteiger partial charge in [0, 0.05) is 12.2 Å². The van der Waals surface area contributed by atoms with Crippen LogP contribution in [0.15, 0.2) is 30.6 Å². The highest BCUT2D eigenvalue weighted by Gasteiger charge is 2.15. The van der Waals surface area contributed by atoms with Crippen molar-refractivity contribution in [3.63, 3.8) is 0 Å². The minimum Gasteiger partial charge on any atom is -0.312 e. The van der Waals surface area contributed by atoms with Crippen molar-refractivity contribution in [2.24, 2.45) is 0 Å². The van der Waals surface area contributed by atoms with E-state index in [0.717, 1.165) is 18.8 Å². The van der Waals surface area contributed by atoms with Crippen LogP contribution in [0.5, 0.6) is 0 Å². The van der Waals surface area contributed by atoms with E-state index in [2.05, 4.69) is 15.4 Å². The van der Waals surface area contributed by atoms with Crippen LogP contribution in [0.4, 0.5) is 4.39 Å². The molecule has 0 aliphatic carbocycles. The SMILES string of the molecule is Fc1ccc(-c2ccn(C[C@@H]3CCCN3)n2)nc1. The average Bonchev–Trinajstić information content (AvgIpc) is 3.02. The summed E-state index contributed by atoms with van der Waals surface area (Å²) >= 11 is 0. The van der Waals surface area contributed by atoms with E-state index in [9.17, 15) is 4.39 Å². The van der Waals surface area contributed by atoms with Gasteiger partial charge in [0.15, 0.2) is 0 Å². The fraction of sp³-hybridized carbons (Fsp3) is 0.385. The van der Waals surface area contributed by atoms with Crippen molar-refractivity contribution < 1.29 is 4.39 Å². The lowest BCUT2D eigenvalue weighted by atomic mass is 10.2. The third kappa shape index (κ3) is 2.41. The van der Waals surface area contributed by atoms with Crippen LogP contribution in [0.1, 0.15) is 12.8 Å². The number of rotatable bonds is 3. The number of nitrogens with zero attached hydrogens (tertiary/aromatic N) is 3. The minimum absolute atomic E-state index is 0.326. The molecule has 0 aromatic carbocycles. The molecule has 0 spiro atoms. The molecule has 0 unspecified atom stereocenters. The minimum atomic E-state index is -0.326. The van der Waals surface area contributed by atoms with Crippen LogP contribution in [0.3, 0.4) is 0 Å². The van der Waals surface area contributed by atoms with E-state index in [1.54, 1.807) is 6.07 Å². The Kier molecular flexibility index (Phi) is 3.06. The fourth-order valence-corrected chi connectivity index (χ4v) is 2.27. The summed E-state index contributed by atoms with van der Waals surface area (Å²) in [6.45, 7) is 1.97. The van der Waals surface area contributed by atoms with Gasteiger partial charge < -0.3 is 5.32 Å². The number of pyridine rings is 1. The third-order valence-corrected chi connectivity index (χ3v) is 3.20. The van der Waals surface area contributed by atoms with Crippen LogP contribution >= 0.6 is 0 Å². The highest BCUT2D eigenvalue weighted by molar-refractivity contribution is 5.52. The van der Waals surface area contributed by atoms with Gasteiger partial charge in [-0.15, -0.1) is 0 Å². The van der Waals surface area contributed by atoms with Gasteiger partial charge in [-0.3, -0.25) is 9.67 Å². The second kappa shape index (κ2) is 4.86. The maximum atomic E-state index is 12.8. The normalized spacial score (nSPS) is 19.3. The van der Waals surface area contributed by atoms with Crippen LogP contribution in [0.25, 0.3) is 11.4 Å². The van der Waals surface area contributed by atoms with Crippen molar-refractivity contribution in [1.82, 2.24) is 20.1 Å². The first-order chi connectivity index (χ1) is 8.81. The van der Waals surface area contributed by atoms with E-state index >= 15 is 0 Å². The van der Waals surface area contributed by atoms with Crippen molar-refractivity contribution in [3.8, 4) is 11.4 Å². The van der Waals surface area contributed by atoms with E-state index in [-0.39, 0.29) is 5.82 Å². The third-order valence-electron chi connectivity index (χ3n) is 3.20. The quantitative estimate of drug-likeness (QED) is 0.898. The standard InChI is InChI=1S/C13H15FN4/c14-10-3-4-12(16-8-10)13-5-7-18(17-13)9-11-2-1-6-15-11/h3-5,7-8,11,15H,1-2,6,9H2/t11-/m0/s1. The van der Waals surface area contributed by atoms with E-state index < -0.39 is 0 Å². The monoisotopic (exact) mass is 246 g/mol. The summed E-state index contributed by atoms with van der Waals surface area (Å²) in [5, 5.41) is 7.90. The molecule has 18 heavy (non-hydrogen) atoms. The summed E-state index contributed by atoms with van der Waals surface area (Å²) in [7, 11) is 0. The average molecular weight is 246 g/mol. The van der Waals surface area contributed by atoms with Crippen LogP contribution in [-0.2, 0) is 6.54 Å². The fourth-order valence-electron chi connectivity index (χ4n) is 2.27. The maximum absolute atomic E-state index is 12.8. The molecule has 0 bridgehead atoms. The largest absolute Gasteiger partial charge is 0.312 e.